The van der Waals surface area contributed by atoms with Crippen LogP contribution in [0, 0.1) is 6.92 Å². The number of nitrogens with zero attached hydrogens (tertiary/aromatic N) is 1. The van der Waals surface area contributed by atoms with Crippen LogP contribution in [0.15, 0.2) is 37.1 Å². The van der Waals surface area contributed by atoms with Crippen molar-refractivity contribution in [2.24, 2.45) is 0 Å². The fourth-order valence-electron chi connectivity index (χ4n) is 1.98. The van der Waals surface area contributed by atoms with Crippen LogP contribution in [-0.2, 0) is 4.79 Å². The first kappa shape index (κ1) is 14.5. The van der Waals surface area contributed by atoms with Gasteiger partial charge < -0.3 is 10.6 Å². The highest BCUT2D eigenvalue weighted by Crippen LogP contribution is 2.32. The predicted molar refractivity (Wildman–Crippen MR) is 83.2 cm³/mol. The van der Waals surface area contributed by atoms with Crippen LogP contribution in [0.25, 0.3) is 10.9 Å². The molecule has 2 aromatic rings. The van der Waals surface area contributed by atoms with E-state index in [-0.39, 0.29) is 12.5 Å². The number of nitrogens with one attached hydrogen (secondary N) is 2. The second-order valence-electron chi connectivity index (χ2n) is 4.42. The maximum absolute atomic E-state index is 11.9. The number of halogens is 1. The monoisotopic (exact) mass is 289 g/mol. The van der Waals surface area contributed by atoms with E-state index < -0.39 is 0 Å². The molecule has 2 N–H and O–H groups in total. The molecule has 0 fully saturated rings. The van der Waals surface area contributed by atoms with Gasteiger partial charge in [-0.3, -0.25) is 9.78 Å². The van der Waals surface area contributed by atoms with Gasteiger partial charge in [0.15, 0.2) is 0 Å². The highest BCUT2D eigenvalue weighted by Gasteiger charge is 2.12. The van der Waals surface area contributed by atoms with Crippen LogP contribution in [0.1, 0.15) is 5.56 Å². The van der Waals surface area contributed by atoms with Gasteiger partial charge >= 0.3 is 0 Å². The lowest BCUT2D eigenvalue weighted by Crippen LogP contribution is -2.28. The lowest BCUT2D eigenvalue weighted by molar-refractivity contribution is -0.115. The lowest BCUT2D eigenvalue weighted by Gasteiger charge is -2.12. The van der Waals surface area contributed by atoms with Crippen LogP contribution < -0.4 is 10.6 Å². The van der Waals surface area contributed by atoms with Gasteiger partial charge in [0.25, 0.3) is 0 Å². The van der Waals surface area contributed by atoms with Crippen molar-refractivity contribution in [3.05, 3.63) is 47.6 Å². The zero-order valence-electron chi connectivity index (χ0n) is 11.2. The second-order valence-corrected chi connectivity index (χ2v) is 4.82. The van der Waals surface area contributed by atoms with Gasteiger partial charge in [-0.05, 0) is 30.7 Å². The Kier molecular flexibility index (Phi) is 4.71. The molecule has 5 heteroatoms. The molecule has 0 saturated carbocycles. The Morgan fingerprint density at radius 1 is 1.55 bits per heavy atom. The number of pyridine rings is 1. The zero-order valence-corrected chi connectivity index (χ0v) is 12.0. The number of hydrogen-bond donors (Lipinski definition) is 2. The van der Waals surface area contributed by atoms with Crippen LogP contribution in [-0.4, -0.2) is 24.0 Å². The molecule has 1 heterocycles. The number of hydrogen-bond acceptors (Lipinski definition) is 3. The van der Waals surface area contributed by atoms with E-state index in [1.165, 1.54) is 0 Å². The van der Waals surface area contributed by atoms with E-state index in [1.54, 1.807) is 12.3 Å². The topological polar surface area (TPSA) is 54.0 Å². The number of carbonyl (C=O) groups excluding carboxylic acids is 1. The molecular weight excluding hydrogens is 274 g/mol. The number of anilines is 1. The van der Waals surface area contributed by atoms with Crippen LogP contribution >= 0.6 is 11.6 Å². The number of amides is 1. The van der Waals surface area contributed by atoms with Crippen molar-refractivity contribution in [2.75, 3.05) is 18.4 Å². The number of carbonyl (C=O) groups is 1. The molecule has 1 aromatic carbocycles. The van der Waals surface area contributed by atoms with Gasteiger partial charge in [-0.25, -0.2) is 0 Å². The molecule has 0 unspecified atom stereocenters. The van der Waals surface area contributed by atoms with Crippen molar-refractivity contribution in [3.8, 4) is 0 Å². The summed E-state index contributed by atoms with van der Waals surface area (Å²) in [5, 5.41) is 7.13. The summed E-state index contributed by atoms with van der Waals surface area (Å²) < 4.78 is 0. The first-order valence-corrected chi connectivity index (χ1v) is 6.66. The molecule has 0 radical (unpaired) electrons. The molecule has 0 aliphatic carbocycles. The SMILES string of the molecule is C=CCNCC(=O)Nc1c(Cl)cc(C)c2ncccc12. The van der Waals surface area contributed by atoms with Crippen molar-refractivity contribution in [3.63, 3.8) is 0 Å². The van der Waals surface area contributed by atoms with Crippen molar-refractivity contribution < 1.29 is 4.79 Å². The van der Waals surface area contributed by atoms with Crippen molar-refractivity contribution in [1.29, 1.82) is 0 Å². The minimum atomic E-state index is -0.150. The molecular formula is C15H16ClN3O. The molecule has 20 heavy (non-hydrogen) atoms. The first-order chi connectivity index (χ1) is 9.63. The van der Waals surface area contributed by atoms with E-state index in [0.29, 0.717) is 17.3 Å². The van der Waals surface area contributed by atoms with Gasteiger partial charge in [0, 0.05) is 18.1 Å². The fourth-order valence-corrected chi connectivity index (χ4v) is 2.29. The molecule has 1 amide bonds. The average Bonchev–Trinajstić information content (AvgIpc) is 2.44. The summed E-state index contributed by atoms with van der Waals surface area (Å²) in [6, 6.07) is 5.53. The molecule has 0 aliphatic heterocycles. The largest absolute Gasteiger partial charge is 0.323 e. The van der Waals surface area contributed by atoms with E-state index in [0.717, 1.165) is 16.5 Å². The highest BCUT2D eigenvalue weighted by molar-refractivity contribution is 6.35. The van der Waals surface area contributed by atoms with Gasteiger partial charge in [-0.2, -0.15) is 0 Å². The number of aryl methyl sites for hydroxylation is 1. The van der Waals surface area contributed by atoms with E-state index in [2.05, 4.69) is 22.2 Å². The molecule has 104 valence electrons. The Bertz CT molecular complexity index is 655. The molecule has 0 saturated heterocycles. The molecule has 2 rings (SSSR count). The second kappa shape index (κ2) is 6.50. The Balaban J connectivity index is 2.29. The van der Waals surface area contributed by atoms with Crippen molar-refractivity contribution in [2.45, 2.75) is 6.92 Å². The first-order valence-electron chi connectivity index (χ1n) is 6.28. The molecule has 1 aromatic heterocycles. The van der Waals surface area contributed by atoms with Crippen LogP contribution in [0.2, 0.25) is 5.02 Å². The van der Waals surface area contributed by atoms with Crippen LogP contribution in [0.4, 0.5) is 5.69 Å². The fraction of sp³-hybridized carbons (Fsp3) is 0.200. The summed E-state index contributed by atoms with van der Waals surface area (Å²) in [4.78, 5) is 16.2. The smallest absolute Gasteiger partial charge is 0.238 e. The maximum Gasteiger partial charge on any atom is 0.238 e. The molecule has 4 nitrogen and oxygen atoms in total. The standard InChI is InChI=1S/C15H16ClN3O/c1-3-6-17-9-13(20)19-15-11-5-4-7-18-14(11)10(2)8-12(15)16/h3-5,7-8,17H,1,6,9H2,2H3,(H,19,20). The summed E-state index contributed by atoms with van der Waals surface area (Å²) in [6.45, 7) is 6.31. The van der Waals surface area contributed by atoms with Crippen LogP contribution in [0.5, 0.6) is 0 Å². The quantitative estimate of drug-likeness (QED) is 0.657. The maximum atomic E-state index is 11.9. The number of aromatic nitrogens is 1. The minimum absolute atomic E-state index is 0.150. The normalized spacial score (nSPS) is 10.5. The van der Waals surface area contributed by atoms with E-state index >= 15 is 0 Å². The van der Waals surface area contributed by atoms with Gasteiger partial charge in [-0.15, -0.1) is 6.58 Å². The van der Waals surface area contributed by atoms with E-state index in [1.807, 2.05) is 25.1 Å². The van der Waals surface area contributed by atoms with Gasteiger partial charge in [0.2, 0.25) is 5.91 Å². The molecule has 0 spiro atoms. The zero-order chi connectivity index (χ0) is 14.5. The molecule has 0 atom stereocenters. The average molecular weight is 290 g/mol. The molecule has 0 bridgehead atoms. The summed E-state index contributed by atoms with van der Waals surface area (Å²) in [5.74, 6) is -0.150. The molecule has 0 aliphatic rings. The summed E-state index contributed by atoms with van der Waals surface area (Å²) in [5.41, 5.74) is 2.42. The number of benzene rings is 1. The van der Waals surface area contributed by atoms with Gasteiger partial charge in [0.05, 0.1) is 22.8 Å². The Hall–Kier alpha value is -1.91. The van der Waals surface area contributed by atoms with Gasteiger partial charge in [-0.1, -0.05) is 17.7 Å². The summed E-state index contributed by atoms with van der Waals surface area (Å²) in [6.07, 6.45) is 3.42. The summed E-state index contributed by atoms with van der Waals surface area (Å²) in [7, 11) is 0. The highest BCUT2D eigenvalue weighted by atomic mass is 35.5. The lowest BCUT2D eigenvalue weighted by atomic mass is 10.1. The Labute approximate surface area is 122 Å². The Morgan fingerprint density at radius 2 is 2.35 bits per heavy atom. The third-order valence-electron chi connectivity index (χ3n) is 2.87. The van der Waals surface area contributed by atoms with Crippen LogP contribution in [0.3, 0.4) is 0 Å². The predicted octanol–water partition coefficient (Wildman–Crippen LogP) is 2.91. The van der Waals surface area contributed by atoms with Gasteiger partial charge in [0.1, 0.15) is 0 Å². The third-order valence-corrected chi connectivity index (χ3v) is 3.17. The third kappa shape index (κ3) is 3.15. The summed E-state index contributed by atoms with van der Waals surface area (Å²) >= 11 is 6.23. The van der Waals surface area contributed by atoms with Crippen molar-refractivity contribution in [1.82, 2.24) is 10.3 Å². The van der Waals surface area contributed by atoms with Crippen molar-refractivity contribution >= 4 is 34.1 Å². The Morgan fingerprint density at radius 3 is 3.10 bits per heavy atom. The minimum Gasteiger partial charge on any atom is -0.323 e. The number of rotatable bonds is 5. The van der Waals surface area contributed by atoms with E-state index in [9.17, 15) is 4.79 Å². The number of fused-ring (bicyclic) bond motifs is 1. The van der Waals surface area contributed by atoms with E-state index in [4.69, 9.17) is 11.6 Å².